The fraction of sp³-hybridized carbons (Fsp3) is 0.684. The van der Waals surface area contributed by atoms with Crippen molar-refractivity contribution in [3.63, 3.8) is 0 Å². The van der Waals surface area contributed by atoms with Crippen LogP contribution in [0, 0.1) is 11.6 Å². The molecule has 1 aromatic rings. The van der Waals surface area contributed by atoms with E-state index in [2.05, 4.69) is 13.8 Å². The molecule has 122 valence electrons. The third kappa shape index (κ3) is 4.52. The molecule has 1 aromatic carbocycles. The van der Waals surface area contributed by atoms with Crippen molar-refractivity contribution >= 4 is 0 Å². The molecule has 0 aliphatic rings. The van der Waals surface area contributed by atoms with Gasteiger partial charge in [0.1, 0.15) is 11.6 Å². The molecule has 1 rings (SSSR count). The Labute approximate surface area is 130 Å². The van der Waals surface area contributed by atoms with E-state index in [9.17, 15) is 8.78 Å². The minimum absolute atomic E-state index is 0.243. The van der Waals surface area contributed by atoms with Gasteiger partial charge < -0.3 is 0 Å². The standard InChI is InChI=1S/C17H26F2.C2H6/c1-6-12(7-2)13-10-14(18)16(15(19)11-13)17(5,8-3)9-4;1-2/h10-12H,6-9H2,1-5H3;1-2H3. The Kier molecular flexibility index (Phi) is 8.77. The zero-order chi connectivity index (χ0) is 16.6. The van der Waals surface area contributed by atoms with Crippen molar-refractivity contribution in [2.45, 2.75) is 85.5 Å². The van der Waals surface area contributed by atoms with Crippen LogP contribution < -0.4 is 0 Å². The summed E-state index contributed by atoms with van der Waals surface area (Å²) in [5, 5.41) is 0. The van der Waals surface area contributed by atoms with Crippen molar-refractivity contribution in [2.75, 3.05) is 0 Å². The number of hydrogen-bond donors (Lipinski definition) is 0. The fourth-order valence-corrected chi connectivity index (χ4v) is 2.77. The first-order valence-corrected chi connectivity index (χ1v) is 8.42. The molecule has 0 unspecified atom stereocenters. The molecule has 0 radical (unpaired) electrons. The summed E-state index contributed by atoms with van der Waals surface area (Å²) < 4.78 is 28.7. The minimum atomic E-state index is -0.416. The van der Waals surface area contributed by atoms with Gasteiger partial charge in [-0.05, 0) is 54.7 Å². The van der Waals surface area contributed by atoms with Crippen LogP contribution in [0.5, 0.6) is 0 Å². The van der Waals surface area contributed by atoms with Crippen LogP contribution in [0.25, 0.3) is 0 Å². The summed E-state index contributed by atoms with van der Waals surface area (Å²) in [6.07, 6.45) is 3.30. The molecule has 0 fully saturated rings. The van der Waals surface area contributed by atoms with E-state index in [0.29, 0.717) is 0 Å². The number of halogens is 2. The molecule has 0 spiro atoms. The van der Waals surface area contributed by atoms with Crippen LogP contribution in [0.4, 0.5) is 8.78 Å². The smallest absolute Gasteiger partial charge is 0.130 e. The number of rotatable bonds is 6. The molecule has 0 saturated heterocycles. The van der Waals surface area contributed by atoms with Gasteiger partial charge in [0.2, 0.25) is 0 Å². The maximum absolute atomic E-state index is 14.4. The van der Waals surface area contributed by atoms with E-state index < -0.39 is 5.41 Å². The van der Waals surface area contributed by atoms with Crippen LogP contribution in [-0.2, 0) is 5.41 Å². The second-order valence-corrected chi connectivity index (χ2v) is 5.64. The molecule has 0 aromatic heterocycles. The van der Waals surface area contributed by atoms with Gasteiger partial charge in [-0.3, -0.25) is 0 Å². The Morgan fingerprint density at radius 1 is 0.905 bits per heavy atom. The molecule has 0 nitrogen and oxygen atoms in total. The summed E-state index contributed by atoms with van der Waals surface area (Å²) in [7, 11) is 0. The lowest BCUT2D eigenvalue weighted by Crippen LogP contribution is -2.23. The Morgan fingerprint density at radius 3 is 1.57 bits per heavy atom. The van der Waals surface area contributed by atoms with Gasteiger partial charge in [0.15, 0.2) is 0 Å². The average molecular weight is 298 g/mol. The third-order valence-corrected chi connectivity index (χ3v) is 4.69. The van der Waals surface area contributed by atoms with Gasteiger partial charge in [0.05, 0.1) is 0 Å². The molecular weight excluding hydrogens is 266 g/mol. The van der Waals surface area contributed by atoms with Crippen molar-refractivity contribution in [3.05, 3.63) is 34.9 Å². The summed E-state index contributed by atoms with van der Waals surface area (Å²) >= 11 is 0. The zero-order valence-corrected chi connectivity index (χ0v) is 14.8. The first-order valence-electron chi connectivity index (χ1n) is 8.42. The molecule has 0 heterocycles. The van der Waals surface area contributed by atoms with Crippen molar-refractivity contribution in [2.24, 2.45) is 0 Å². The molecule has 0 aliphatic heterocycles. The highest BCUT2D eigenvalue weighted by Gasteiger charge is 2.30. The van der Waals surface area contributed by atoms with Crippen molar-refractivity contribution in [1.29, 1.82) is 0 Å². The van der Waals surface area contributed by atoms with Crippen LogP contribution in [0.2, 0.25) is 0 Å². The highest BCUT2D eigenvalue weighted by molar-refractivity contribution is 5.33. The van der Waals surface area contributed by atoms with Gasteiger partial charge >= 0.3 is 0 Å². The molecule has 21 heavy (non-hydrogen) atoms. The van der Waals surface area contributed by atoms with Gasteiger partial charge in [-0.2, -0.15) is 0 Å². The first kappa shape index (κ1) is 20.1. The van der Waals surface area contributed by atoms with Crippen LogP contribution >= 0.6 is 0 Å². The minimum Gasteiger partial charge on any atom is -0.207 e. The predicted molar refractivity (Wildman–Crippen MR) is 89.0 cm³/mol. The SMILES string of the molecule is CC.CCC(CC)c1cc(F)c(C(C)(CC)CC)c(F)c1. The maximum Gasteiger partial charge on any atom is 0.130 e. The summed E-state index contributed by atoms with van der Waals surface area (Å²) in [6, 6.07) is 3.08. The summed E-state index contributed by atoms with van der Waals surface area (Å²) in [5.41, 5.74) is 0.631. The molecule has 0 bridgehead atoms. The topological polar surface area (TPSA) is 0 Å². The van der Waals surface area contributed by atoms with E-state index in [0.717, 1.165) is 31.2 Å². The molecule has 0 aliphatic carbocycles. The van der Waals surface area contributed by atoms with Gasteiger partial charge in [0.25, 0.3) is 0 Å². The van der Waals surface area contributed by atoms with Crippen LogP contribution in [0.15, 0.2) is 12.1 Å². The second-order valence-electron chi connectivity index (χ2n) is 5.64. The Morgan fingerprint density at radius 2 is 1.29 bits per heavy atom. The highest BCUT2D eigenvalue weighted by atomic mass is 19.1. The molecule has 2 heteroatoms. The second kappa shape index (κ2) is 9.17. The van der Waals surface area contributed by atoms with Crippen molar-refractivity contribution in [3.8, 4) is 0 Å². The number of hydrogen-bond acceptors (Lipinski definition) is 0. The van der Waals surface area contributed by atoms with Crippen molar-refractivity contribution < 1.29 is 8.78 Å². The molecule has 0 amide bonds. The van der Waals surface area contributed by atoms with E-state index in [-0.39, 0.29) is 23.1 Å². The summed E-state index contributed by atoms with van der Waals surface area (Å²) in [5.74, 6) is -0.520. The van der Waals surface area contributed by atoms with Gasteiger partial charge in [-0.15, -0.1) is 0 Å². The third-order valence-electron chi connectivity index (χ3n) is 4.69. The summed E-state index contributed by atoms with van der Waals surface area (Å²) in [6.45, 7) is 14.0. The lowest BCUT2D eigenvalue weighted by Gasteiger charge is -2.29. The van der Waals surface area contributed by atoms with E-state index >= 15 is 0 Å². The van der Waals surface area contributed by atoms with E-state index in [1.54, 1.807) is 12.1 Å². The van der Waals surface area contributed by atoms with Gasteiger partial charge in [-0.1, -0.05) is 48.5 Å². The lowest BCUT2D eigenvalue weighted by atomic mass is 9.76. The molecular formula is C19H32F2. The molecule has 0 saturated carbocycles. The Bertz CT molecular complexity index is 393. The van der Waals surface area contributed by atoms with Crippen LogP contribution in [-0.4, -0.2) is 0 Å². The first-order chi connectivity index (χ1) is 9.93. The van der Waals surface area contributed by atoms with E-state index in [1.807, 2.05) is 34.6 Å². The maximum atomic E-state index is 14.4. The van der Waals surface area contributed by atoms with Crippen LogP contribution in [0.3, 0.4) is 0 Å². The molecule has 0 N–H and O–H groups in total. The largest absolute Gasteiger partial charge is 0.207 e. The molecule has 0 atom stereocenters. The quantitative estimate of drug-likeness (QED) is 0.532. The van der Waals surface area contributed by atoms with Gasteiger partial charge in [-0.25, -0.2) is 8.78 Å². The average Bonchev–Trinajstić information content (AvgIpc) is 2.49. The fourth-order valence-electron chi connectivity index (χ4n) is 2.77. The Hall–Kier alpha value is -0.920. The lowest BCUT2D eigenvalue weighted by molar-refractivity contribution is 0.389. The van der Waals surface area contributed by atoms with Gasteiger partial charge in [0, 0.05) is 5.56 Å². The Balaban J connectivity index is 0.00000191. The van der Waals surface area contributed by atoms with Crippen LogP contribution in [0.1, 0.15) is 91.2 Å². The monoisotopic (exact) mass is 298 g/mol. The predicted octanol–water partition coefficient (Wildman–Crippen LogP) is 6.97. The van der Waals surface area contributed by atoms with E-state index in [1.165, 1.54) is 0 Å². The summed E-state index contributed by atoms with van der Waals surface area (Å²) in [4.78, 5) is 0. The van der Waals surface area contributed by atoms with E-state index in [4.69, 9.17) is 0 Å². The number of benzene rings is 1. The zero-order valence-electron chi connectivity index (χ0n) is 14.8. The highest BCUT2D eigenvalue weighted by Crippen LogP contribution is 2.36. The normalized spacial score (nSPS) is 11.3. The van der Waals surface area contributed by atoms with Crippen molar-refractivity contribution in [1.82, 2.24) is 0 Å².